The molecule has 2 saturated carbocycles. The van der Waals surface area contributed by atoms with Crippen molar-refractivity contribution in [3.8, 4) is 0 Å². The second kappa shape index (κ2) is 6.00. The summed E-state index contributed by atoms with van der Waals surface area (Å²) < 4.78 is 11.5. The quantitative estimate of drug-likeness (QED) is 0.602. The molecule has 5 nitrogen and oxygen atoms in total. The molecular formula is C17H31N3O2. The van der Waals surface area contributed by atoms with Gasteiger partial charge in [0.25, 0.3) is 0 Å². The maximum atomic E-state index is 5.99. The van der Waals surface area contributed by atoms with E-state index in [-0.39, 0.29) is 5.60 Å². The summed E-state index contributed by atoms with van der Waals surface area (Å²) >= 11 is 0. The third-order valence-electron chi connectivity index (χ3n) is 5.84. The first kappa shape index (κ1) is 16.1. The summed E-state index contributed by atoms with van der Waals surface area (Å²) in [7, 11) is 1.74. The van der Waals surface area contributed by atoms with E-state index in [1.54, 1.807) is 7.11 Å². The van der Waals surface area contributed by atoms with Crippen LogP contribution in [0, 0.1) is 11.3 Å². The summed E-state index contributed by atoms with van der Waals surface area (Å²) in [5.41, 5.74) is 0.156. The summed E-state index contributed by atoms with van der Waals surface area (Å²) in [5.74, 6) is 1.59. The van der Waals surface area contributed by atoms with Crippen molar-refractivity contribution < 1.29 is 9.47 Å². The van der Waals surface area contributed by atoms with E-state index in [9.17, 15) is 0 Å². The van der Waals surface area contributed by atoms with Crippen molar-refractivity contribution in [3.63, 3.8) is 0 Å². The van der Waals surface area contributed by atoms with Gasteiger partial charge >= 0.3 is 0 Å². The van der Waals surface area contributed by atoms with Gasteiger partial charge in [-0.3, -0.25) is 4.99 Å². The minimum Gasteiger partial charge on any atom is -0.377 e. The zero-order valence-electron chi connectivity index (χ0n) is 14.4. The molecule has 3 aliphatic rings. The number of methoxy groups -OCH3 is 1. The molecule has 126 valence electrons. The Morgan fingerprint density at radius 2 is 2.18 bits per heavy atom. The summed E-state index contributed by atoms with van der Waals surface area (Å²) in [6.45, 7) is 8.71. The van der Waals surface area contributed by atoms with Gasteiger partial charge < -0.3 is 20.1 Å². The lowest BCUT2D eigenvalue weighted by molar-refractivity contribution is -0.171. The normalized spacial score (nSPS) is 33.1. The van der Waals surface area contributed by atoms with Gasteiger partial charge in [-0.2, -0.15) is 0 Å². The van der Waals surface area contributed by atoms with E-state index in [0.717, 1.165) is 19.1 Å². The fourth-order valence-corrected chi connectivity index (χ4v) is 4.26. The molecule has 1 spiro atoms. The Balaban J connectivity index is 1.67. The molecule has 2 N–H and O–H groups in total. The summed E-state index contributed by atoms with van der Waals surface area (Å²) in [4.78, 5) is 4.74. The van der Waals surface area contributed by atoms with Gasteiger partial charge in [0.15, 0.2) is 5.96 Å². The van der Waals surface area contributed by atoms with Crippen LogP contribution in [0.4, 0.5) is 0 Å². The fraction of sp³-hybridized carbons (Fsp3) is 0.941. The number of rotatable bonds is 5. The Kier molecular flexibility index (Phi) is 4.38. The van der Waals surface area contributed by atoms with E-state index < -0.39 is 0 Å². The number of guanidine groups is 1. The van der Waals surface area contributed by atoms with Crippen LogP contribution < -0.4 is 10.6 Å². The predicted octanol–water partition coefficient (Wildman–Crippen LogP) is 1.92. The molecule has 0 bridgehead atoms. The largest absolute Gasteiger partial charge is 0.377 e. The maximum absolute atomic E-state index is 5.99. The van der Waals surface area contributed by atoms with Crippen molar-refractivity contribution in [2.24, 2.45) is 16.3 Å². The molecule has 3 atom stereocenters. The maximum Gasteiger partial charge on any atom is 0.191 e. The van der Waals surface area contributed by atoms with Gasteiger partial charge in [0.2, 0.25) is 0 Å². The average Bonchev–Trinajstić information content (AvgIpc) is 2.85. The average molecular weight is 309 g/mol. The molecular weight excluding hydrogens is 278 g/mol. The standard InChI is InChI=1S/C17H31N3O2/c1-5-18-15(19-11-16(2,3)21-4)20-13-12-7-10-22-14(12)17(13)8-6-9-17/h12-14H,5-11H2,1-4H3,(H2,18,19,20). The number of nitrogens with one attached hydrogen (secondary N) is 2. The van der Waals surface area contributed by atoms with Gasteiger partial charge in [0.05, 0.1) is 18.2 Å². The highest BCUT2D eigenvalue weighted by molar-refractivity contribution is 5.80. The molecule has 0 radical (unpaired) electrons. The first-order valence-electron chi connectivity index (χ1n) is 8.74. The van der Waals surface area contributed by atoms with Crippen molar-refractivity contribution in [2.45, 2.75) is 64.2 Å². The molecule has 3 unspecified atom stereocenters. The third-order valence-corrected chi connectivity index (χ3v) is 5.84. The zero-order valence-corrected chi connectivity index (χ0v) is 14.4. The number of hydrogen-bond acceptors (Lipinski definition) is 3. The van der Waals surface area contributed by atoms with Gasteiger partial charge in [-0.15, -0.1) is 0 Å². The van der Waals surface area contributed by atoms with Crippen LogP contribution in [0.5, 0.6) is 0 Å². The second-order valence-electron chi connectivity index (χ2n) is 7.61. The van der Waals surface area contributed by atoms with E-state index in [2.05, 4.69) is 31.4 Å². The van der Waals surface area contributed by atoms with E-state index >= 15 is 0 Å². The number of hydrogen-bond donors (Lipinski definition) is 2. The zero-order chi connectivity index (χ0) is 15.8. The van der Waals surface area contributed by atoms with Crippen LogP contribution >= 0.6 is 0 Å². The lowest BCUT2D eigenvalue weighted by Crippen LogP contribution is -2.72. The number of fused-ring (bicyclic) bond motifs is 2. The molecule has 3 fully saturated rings. The van der Waals surface area contributed by atoms with E-state index in [4.69, 9.17) is 14.5 Å². The Labute approximate surface area is 134 Å². The number of nitrogens with zero attached hydrogens (tertiary/aromatic N) is 1. The summed E-state index contributed by atoms with van der Waals surface area (Å²) in [6.07, 6.45) is 5.63. The fourth-order valence-electron chi connectivity index (χ4n) is 4.26. The van der Waals surface area contributed by atoms with Crippen LogP contribution in [0.2, 0.25) is 0 Å². The van der Waals surface area contributed by atoms with E-state index in [1.165, 1.54) is 25.7 Å². The molecule has 1 aliphatic heterocycles. The number of ether oxygens (including phenoxy) is 2. The second-order valence-corrected chi connectivity index (χ2v) is 7.61. The van der Waals surface area contributed by atoms with Gasteiger partial charge in [-0.25, -0.2) is 0 Å². The van der Waals surface area contributed by atoms with Crippen molar-refractivity contribution in [2.75, 3.05) is 26.8 Å². The van der Waals surface area contributed by atoms with Crippen molar-refractivity contribution in [1.82, 2.24) is 10.6 Å². The smallest absolute Gasteiger partial charge is 0.191 e. The Bertz CT molecular complexity index is 432. The lowest BCUT2D eigenvalue weighted by Gasteiger charge is -2.63. The van der Waals surface area contributed by atoms with Crippen molar-refractivity contribution in [3.05, 3.63) is 0 Å². The molecule has 22 heavy (non-hydrogen) atoms. The summed E-state index contributed by atoms with van der Waals surface area (Å²) in [5, 5.41) is 7.11. The first-order valence-corrected chi connectivity index (χ1v) is 8.74. The Morgan fingerprint density at radius 1 is 1.41 bits per heavy atom. The first-order chi connectivity index (χ1) is 10.5. The Morgan fingerprint density at radius 3 is 2.77 bits per heavy atom. The highest BCUT2D eigenvalue weighted by atomic mass is 16.5. The van der Waals surface area contributed by atoms with E-state index in [1.807, 2.05) is 0 Å². The molecule has 0 aromatic carbocycles. The SMILES string of the molecule is CCNC(=NCC(C)(C)OC)NC1C2CCOC2C12CCC2. The van der Waals surface area contributed by atoms with Gasteiger partial charge in [0, 0.05) is 37.6 Å². The molecule has 5 heteroatoms. The molecule has 0 amide bonds. The van der Waals surface area contributed by atoms with Crippen LogP contribution in [-0.2, 0) is 9.47 Å². The molecule has 0 aromatic heterocycles. The lowest BCUT2D eigenvalue weighted by atomic mass is 9.46. The molecule has 1 heterocycles. The molecule has 1 saturated heterocycles. The van der Waals surface area contributed by atoms with Crippen LogP contribution in [0.15, 0.2) is 4.99 Å². The van der Waals surface area contributed by atoms with Crippen LogP contribution in [0.1, 0.15) is 46.5 Å². The van der Waals surface area contributed by atoms with Gasteiger partial charge in [-0.1, -0.05) is 6.42 Å². The van der Waals surface area contributed by atoms with Gasteiger partial charge in [0.1, 0.15) is 0 Å². The Hall–Kier alpha value is -0.810. The highest BCUT2D eigenvalue weighted by Gasteiger charge is 2.66. The van der Waals surface area contributed by atoms with Crippen molar-refractivity contribution >= 4 is 5.96 Å². The summed E-state index contributed by atoms with van der Waals surface area (Å²) in [6, 6.07) is 0.525. The third kappa shape index (κ3) is 2.62. The predicted molar refractivity (Wildman–Crippen MR) is 88.1 cm³/mol. The topological polar surface area (TPSA) is 54.9 Å². The minimum absolute atomic E-state index is 0.227. The monoisotopic (exact) mass is 309 g/mol. The van der Waals surface area contributed by atoms with Crippen LogP contribution in [0.3, 0.4) is 0 Å². The van der Waals surface area contributed by atoms with E-state index in [0.29, 0.717) is 30.0 Å². The minimum atomic E-state index is -0.227. The van der Waals surface area contributed by atoms with Gasteiger partial charge in [-0.05, 0) is 40.0 Å². The molecule has 3 rings (SSSR count). The highest BCUT2D eigenvalue weighted by Crippen LogP contribution is 2.62. The van der Waals surface area contributed by atoms with Crippen LogP contribution in [-0.4, -0.2) is 50.5 Å². The molecule has 2 aliphatic carbocycles. The molecule has 0 aromatic rings. The van der Waals surface area contributed by atoms with Crippen LogP contribution in [0.25, 0.3) is 0 Å². The number of aliphatic imine (C=N–C) groups is 1. The van der Waals surface area contributed by atoms with Crippen molar-refractivity contribution in [1.29, 1.82) is 0 Å².